The Bertz CT molecular complexity index is 404. The van der Waals surface area contributed by atoms with Crippen molar-refractivity contribution in [3.8, 4) is 0 Å². The van der Waals surface area contributed by atoms with Crippen molar-refractivity contribution in [2.75, 3.05) is 26.8 Å². The van der Waals surface area contributed by atoms with Crippen LogP contribution < -0.4 is 5.32 Å². The third kappa shape index (κ3) is 4.82. The minimum Gasteiger partial charge on any atom is -0.383 e. The molecule has 1 aliphatic rings. The molecule has 0 bridgehead atoms. The van der Waals surface area contributed by atoms with Gasteiger partial charge in [0.15, 0.2) is 0 Å². The molecule has 0 unspecified atom stereocenters. The molecule has 1 aliphatic carbocycles. The standard InChI is InChI=1S/C19H31NO/c1-16(2)18-8-6-17(7-9-18)14-19(10-4-5-11-19)15-20-12-13-21-3/h6-9,16,20H,4-5,10-15H2,1-3H3. The Morgan fingerprint density at radius 3 is 2.38 bits per heavy atom. The second-order valence-electron chi connectivity index (χ2n) is 6.95. The Labute approximate surface area is 130 Å². The second kappa shape index (κ2) is 7.95. The second-order valence-corrected chi connectivity index (χ2v) is 6.95. The van der Waals surface area contributed by atoms with E-state index < -0.39 is 0 Å². The quantitative estimate of drug-likeness (QED) is 0.726. The highest BCUT2D eigenvalue weighted by Crippen LogP contribution is 2.40. The summed E-state index contributed by atoms with van der Waals surface area (Å²) in [7, 11) is 1.77. The first-order chi connectivity index (χ1) is 10.2. The van der Waals surface area contributed by atoms with Crippen LogP contribution in [0.15, 0.2) is 24.3 Å². The summed E-state index contributed by atoms with van der Waals surface area (Å²) in [5, 5.41) is 3.59. The van der Waals surface area contributed by atoms with E-state index in [2.05, 4.69) is 43.4 Å². The van der Waals surface area contributed by atoms with Crippen molar-refractivity contribution >= 4 is 0 Å². The number of benzene rings is 1. The number of ether oxygens (including phenoxy) is 1. The van der Waals surface area contributed by atoms with Crippen LogP contribution in [0.1, 0.15) is 56.6 Å². The molecule has 0 amide bonds. The van der Waals surface area contributed by atoms with Crippen LogP contribution in [0.3, 0.4) is 0 Å². The molecule has 1 N–H and O–H groups in total. The Morgan fingerprint density at radius 2 is 1.81 bits per heavy atom. The fraction of sp³-hybridized carbons (Fsp3) is 0.684. The van der Waals surface area contributed by atoms with Crippen LogP contribution >= 0.6 is 0 Å². The normalized spacial score (nSPS) is 17.5. The summed E-state index contributed by atoms with van der Waals surface area (Å²) >= 11 is 0. The molecule has 0 aromatic heterocycles. The maximum Gasteiger partial charge on any atom is 0.0587 e. The van der Waals surface area contributed by atoms with Crippen LogP contribution in [0.5, 0.6) is 0 Å². The molecule has 2 heteroatoms. The number of rotatable bonds is 8. The summed E-state index contributed by atoms with van der Waals surface area (Å²) in [5.41, 5.74) is 3.40. The lowest BCUT2D eigenvalue weighted by atomic mass is 9.79. The fourth-order valence-corrected chi connectivity index (χ4v) is 3.52. The highest BCUT2D eigenvalue weighted by molar-refractivity contribution is 5.25. The molecule has 0 saturated heterocycles. The highest BCUT2D eigenvalue weighted by Gasteiger charge is 2.33. The van der Waals surface area contributed by atoms with Crippen molar-refractivity contribution in [3.63, 3.8) is 0 Å². The average Bonchev–Trinajstić information content (AvgIpc) is 2.93. The molecular weight excluding hydrogens is 258 g/mol. The first kappa shape index (κ1) is 16.5. The zero-order chi connectivity index (χ0) is 15.1. The van der Waals surface area contributed by atoms with E-state index in [9.17, 15) is 0 Å². The summed E-state index contributed by atoms with van der Waals surface area (Å²) in [6.07, 6.45) is 6.70. The fourth-order valence-electron chi connectivity index (χ4n) is 3.52. The van der Waals surface area contributed by atoms with Gasteiger partial charge in [-0.1, -0.05) is 51.0 Å². The predicted octanol–water partition coefficient (Wildman–Crippen LogP) is 4.15. The smallest absolute Gasteiger partial charge is 0.0587 e. The lowest BCUT2D eigenvalue weighted by molar-refractivity contribution is 0.190. The maximum absolute atomic E-state index is 5.13. The van der Waals surface area contributed by atoms with Crippen molar-refractivity contribution in [2.24, 2.45) is 5.41 Å². The molecule has 0 atom stereocenters. The Kier molecular flexibility index (Phi) is 6.25. The topological polar surface area (TPSA) is 21.3 Å². The largest absolute Gasteiger partial charge is 0.383 e. The molecule has 0 aliphatic heterocycles. The van der Waals surface area contributed by atoms with Gasteiger partial charge in [-0.25, -0.2) is 0 Å². The van der Waals surface area contributed by atoms with Gasteiger partial charge in [0.25, 0.3) is 0 Å². The van der Waals surface area contributed by atoms with E-state index in [1.807, 2.05) is 0 Å². The van der Waals surface area contributed by atoms with Crippen LogP contribution in [0.25, 0.3) is 0 Å². The number of hydrogen-bond donors (Lipinski definition) is 1. The number of hydrogen-bond acceptors (Lipinski definition) is 2. The third-order valence-electron chi connectivity index (χ3n) is 4.87. The minimum atomic E-state index is 0.465. The highest BCUT2D eigenvalue weighted by atomic mass is 16.5. The van der Waals surface area contributed by atoms with Crippen molar-refractivity contribution in [2.45, 2.75) is 51.9 Å². The molecule has 21 heavy (non-hydrogen) atoms. The van der Waals surface area contributed by atoms with E-state index in [4.69, 9.17) is 4.74 Å². The summed E-state index contributed by atoms with van der Waals surface area (Å²) in [6, 6.07) is 9.29. The van der Waals surface area contributed by atoms with Crippen molar-refractivity contribution in [1.29, 1.82) is 0 Å². The number of nitrogens with one attached hydrogen (secondary N) is 1. The van der Waals surface area contributed by atoms with Gasteiger partial charge in [-0.15, -0.1) is 0 Å². The lowest BCUT2D eigenvalue weighted by Gasteiger charge is -2.30. The van der Waals surface area contributed by atoms with E-state index in [0.717, 1.165) is 19.7 Å². The Balaban J connectivity index is 1.95. The van der Waals surface area contributed by atoms with Gasteiger partial charge in [-0.3, -0.25) is 0 Å². The van der Waals surface area contributed by atoms with Gasteiger partial charge in [-0.2, -0.15) is 0 Å². The van der Waals surface area contributed by atoms with Gasteiger partial charge in [0.05, 0.1) is 6.61 Å². The molecule has 1 saturated carbocycles. The molecule has 1 fully saturated rings. The Hall–Kier alpha value is -0.860. The summed E-state index contributed by atoms with van der Waals surface area (Å²) in [5.74, 6) is 0.621. The SMILES string of the molecule is COCCNCC1(Cc2ccc(C(C)C)cc2)CCCC1. The van der Waals surface area contributed by atoms with E-state index in [1.54, 1.807) is 7.11 Å². The molecule has 118 valence electrons. The van der Waals surface area contributed by atoms with Gasteiger partial charge in [0.2, 0.25) is 0 Å². The summed E-state index contributed by atoms with van der Waals surface area (Å²) < 4.78 is 5.13. The molecule has 2 rings (SSSR count). The lowest BCUT2D eigenvalue weighted by Crippen LogP contribution is -2.35. The van der Waals surface area contributed by atoms with Gasteiger partial charge in [-0.05, 0) is 41.7 Å². The maximum atomic E-state index is 5.13. The van der Waals surface area contributed by atoms with E-state index in [0.29, 0.717) is 11.3 Å². The third-order valence-corrected chi connectivity index (χ3v) is 4.87. The van der Waals surface area contributed by atoms with Crippen molar-refractivity contribution in [3.05, 3.63) is 35.4 Å². The van der Waals surface area contributed by atoms with Crippen LogP contribution in [-0.4, -0.2) is 26.8 Å². The summed E-state index contributed by atoms with van der Waals surface area (Å²) in [4.78, 5) is 0. The van der Waals surface area contributed by atoms with E-state index >= 15 is 0 Å². The predicted molar refractivity (Wildman–Crippen MR) is 89.9 cm³/mol. The molecule has 0 radical (unpaired) electrons. The van der Waals surface area contributed by atoms with Gasteiger partial charge in [0, 0.05) is 20.2 Å². The average molecular weight is 289 g/mol. The van der Waals surface area contributed by atoms with Crippen LogP contribution in [0, 0.1) is 5.41 Å². The van der Waals surface area contributed by atoms with E-state index in [1.165, 1.54) is 43.2 Å². The molecular formula is C19H31NO. The molecule has 0 heterocycles. The van der Waals surface area contributed by atoms with Crippen molar-refractivity contribution < 1.29 is 4.74 Å². The first-order valence-electron chi connectivity index (χ1n) is 8.44. The molecule has 2 nitrogen and oxygen atoms in total. The number of methoxy groups -OCH3 is 1. The molecule has 1 aromatic rings. The summed E-state index contributed by atoms with van der Waals surface area (Å²) in [6.45, 7) is 7.41. The minimum absolute atomic E-state index is 0.465. The molecule has 1 aromatic carbocycles. The zero-order valence-electron chi connectivity index (χ0n) is 14.0. The Morgan fingerprint density at radius 1 is 1.14 bits per heavy atom. The first-order valence-corrected chi connectivity index (χ1v) is 8.44. The van der Waals surface area contributed by atoms with E-state index in [-0.39, 0.29) is 0 Å². The van der Waals surface area contributed by atoms with Crippen LogP contribution in [0.4, 0.5) is 0 Å². The van der Waals surface area contributed by atoms with Gasteiger partial charge >= 0.3 is 0 Å². The zero-order valence-corrected chi connectivity index (χ0v) is 14.0. The van der Waals surface area contributed by atoms with Gasteiger partial charge < -0.3 is 10.1 Å². The monoisotopic (exact) mass is 289 g/mol. The van der Waals surface area contributed by atoms with Crippen molar-refractivity contribution in [1.82, 2.24) is 5.32 Å². The van der Waals surface area contributed by atoms with Gasteiger partial charge in [0.1, 0.15) is 0 Å². The van der Waals surface area contributed by atoms with Crippen LogP contribution in [0.2, 0.25) is 0 Å². The molecule has 0 spiro atoms. The van der Waals surface area contributed by atoms with Crippen LogP contribution in [-0.2, 0) is 11.2 Å².